The lowest BCUT2D eigenvalue weighted by atomic mass is 10.1. The molecular formula is C15H17F3O3. The Balaban J connectivity index is 2.41. The summed E-state index contributed by atoms with van der Waals surface area (Å²) in [6, 6.07) is 5.28. The maximum atomic E-state index is 11.8. The fourth-order valence-electron chi connectivity index (χ4n) is 1.51. The third-order valence-corrected chi connectivity index (χ3v) is 2.40. The quantitative estimate of drug-likeness (QED) is 0.648. The molecule has 0 fully saturated rings. The van der Waals surface area contributed by atoms with Crippen molar-refractivity contribution in [3.63, 3.8) is 0 Å². The molecule has 0 saturated carbocycles. The van der Waals surface area contributed by atoms with Crippen molar-refractivity contribution >= 4 is 0 Å². The lowest BCUT2D eigenvalue weighted by Gasteiger charge is -2.11. The first-order valence-corrected chi connectivity index (χ1v) is 6.40. The zero-order valence-electron chi connectivity index (χ0n) is 11.7. The van der Waals surface area contributed by atoms with Crippen molar-refractivity contribution in [3.8, 4) is 17.6 Å². The first kappa shape index (κ1) is 17.3. The largest absolute Gasteiger partial charge is 0.491 e. The fourth-order valence-corrected chi connectivity index (χ4v) is 1.51. The average molecular weight is 302 g/mol. The van der Waals surface area contributed by atoms with Crippen LogP contribution in [0.4, 0.5) is 13.2 Å². The van der Waals surface area contributed by atoms with E-state index in [2.05, 4.69) is 16.6 Å². The summed E-state index contributed by atoms with van der Waals surface area (Å²) in [4.78, 5) is 0. The van der Waals surface area contributed by atoms with Crippen molar-refractivity contribution in [2.24, 2.45) is 0 Å². The predicted molar refractivity (Wildman–Crippen MR) is 72.1 cm³/mol. The zero-order valence-corrected chi connectivity index (χ0v) is 11.7. The third kappa shape index (κ3) is 7.59. The Bertz CT molecular complexity index is 501. The van der Waals surface area contributed by atoms with Crippen LogP contribution in [0.2, 0.25) is 0 Å². The van der Waals surface area contributed by atoms with Crippen LogP contribution in [0.15, 0.2) is 18.2 Å². The van der Waals surface area contributed by atoms with E-state index in [9.17, 15) is 13.2 Å². The van der Waals surface area contributed by atoms with Crippen LogP contribution in [0.25, 0.3) is 0 Å². The number of hydrogen-bond acceptors (Lipinski definition) is 3. The predicted octanol–water partition coefficient (Wildman–Crippen LogP) is 2.69. The molecule has 0 saturated heterocycles. The summed E-state index contributed by atoms with van der Waals surface area (Å²) in [7, 11) is 0. The molecule has 1 N–H and O–H groups in total. The van der Waals surface area contributed by atoms with Crippen molar-refractivity contribution in [1.82, 2.24) is 0 Å². The molecule has 3 nitrogen and oxygen atoms in total. The first-order chi connectivity index (χ1) is 9.92. The van der Waals surface area contributed by atoms with Crippen molar-refractivity contribution < 1.29 is 27.8 Å². The Labute approximate surface area is 121 Å². The highest BCUT2D eigenvalue weighted by Crippen LogP contribution is 2.19. The van der Waals surface area contributed by atoms with Gasteiger partial charge in [-0.2, -0.15) is 13.2 Å². The SMILES string of the molecule is Cc1cc(C#CCCO)ccc1OCCOCC(F)(F)F. The number of aliphatic hydroxyl groups is 1. The van der Waals surface area contributed by atoms with Crippen LogP contribution in [0, 0.1) is 18.8 Å². The van der Waals surface area contributed by atoms with Gasteiger partial charge >= 0.3 is 6.18 Å². The molecular weight excluding hydrogens is 285 g/mol. The Morgan fingerprint density at radius 1 is 1.24 bits per heavy atom. The van der Waals surface area contributed by atoms with E-state index in [1.165, 1.54) is 0 Å². The molecule has 116 valence electrons. The van der Waals surface area contributed by atoms with Gasteiger partial charge in [0.2, 0.25) is 0 Å². The second-order valence-corrected chi connectivity index (χ2v) is 4.27. The molecule has 0 bridgehead atoms. The lowest BCUT2D eigenvalue weighted by Crippen LogP contribution is -2.19. The summed E-state index contributed by atoms with van der Waals surface area (Å²) in [5.41, 5.74) is 1.63. The normalized spacial score (nSPS) is 10.9. The Morgan fingerprint density at radius 3 is 2.62 bits per heavy atom. The Kier molecular flexibility index (Phi) is 7.06. The number of aryl methyl sites for hydroxylation is 1. The molecule has 0 unspecified atom stereocenters. The fraction of sp³-hybridized carbons (Fsp3) is 0.467. The van der Waals surface area contributed by atoms with E-state index in [1.807, 2.05) is 13.0 Å². The van der Waals surface area contributed by atoms with Gasteiger partial charge in [0.15, 0.2) is 0 Å². The van der Waals surface area contributed by atoms with Crippen LogP contribution in [0.1, 0.15) is 17.5 Å². The van der Waals surface area contributed by atoms with Gasteiger partial charge in [-0.1, -0.05) is 11.8 Å². The van der Waals surface area contributed by atoms with Gasteiger partial charge in [0.05, 0.1) is 13.2 Å². The van der Waals surface area contributed by atoms with Gasteiger partial charge in [-0.25, -0.2) is 0 Å². The number of rotatable bonds is 6. The molecule has 0 radical (unpaired) electrons. The highest BCUT2D eigenvalue weighted by atomic mass is 19.4. The molecule has 6 heteroatoms. The third-order valence-electron chi connectivity index (χ3n) is 2.40. The Morgan fingerprint density at radius 2 is 2.00 bits per heavy atom. The number of hydrogen-bond donors (Lipinski definition) is 1. The lowest BCUT2D eigenvalue weighted by molar-refractivity contribution is -0.175. The molecule has 0 atom stereocenters. The van der Waals surface area contributed by atoms with Crippen LogP contribution in [0.5, 0.6) is 5.75 Å². The minimum Gasteiger partial charge on any atom is -0.491 e. The monoisotopic (exact) mass is 302 g/mol. The van der Waals surface area contributed by atoms with E-state index < -0.39 is 12.8 Å². The van der Waals surface area contributed by atoms with E-state index in [0.29, 0.717) is 12.2 Å². The highest BCUT2D eigenvalue weighted by Gasteiger charge is 2.27. The highest BCUT2D eigenvalue weighted by molar-refractivity contribution is 5.43. The molecule has 0 aromatic heterocycles. The molecule has 0 aliphatic heterocycles. The van der Waals surface area contributed by atoms with Crippen molar-refractivity contribution in [3.05, 3.63) is 29.3 Å². The number of ether oxygens (including phenoxy) is 2. The van der Waals surface area contributed by atoms with E-state index in [1.54, 1.807) is 12.1 Å². The van der Waals surface area contributed by atoms with Crippen LogP contribution >= 0.6 is 0 Å². The van der Waals surface area contributed by atoms with E-state index in [4.69, 9.17) is 9.84 Å². The maximum absolute atomic E-state index is 11.8. The number of benzene rings is 1. The molecule has 0 spiro atoms. The molecule has 21 heavy (non-hydrogen) atoms. The molecule has 1 rings (SSSR count). The summed E-state index contributed by atoms with van der Waals surface area (Å²) in [6.07, 6.45) is -3.90. The zero-order chi connectivity index (χ0) is 15.7. The maximum Gasteiger partial charge on any atom is 0.411 e. The van der Waals surface area contributed by atoms with Crippen LogP contribution in [-0.4, -0.2) is 37.7 Å². The topological polar surface area (TPSA) is 38.7 Å². The van der Waals surface area contributed by atoms with Crippen molar-refractivity contribution in [2.75, 3.05) is 26.4 Å². The molecule has 1 aromatic rings. The number of halogens is 3. The summed E-state index contributed by atoms with van der Waals surface area (Å²) < 4.78 is 45.3. The van der Waals surface area contributed by atoms with Gasteiger partial charge in [-0.15, -0.1) is 0 Å². The standard InChI is InChI=1S/C15H17F3O3/c1-12-10-13(4-2-3-7-19)5-6-14(12)21-9-8-20-11-15(16,17)18/h5-6,10,19H,3,7-9,11H2,1H3. The molecule has 1 aromatic carbocycles. The van der Waals surface area contributed by atoms with Gasteiger partial charge in [0.25, 0.3) is 0 Å². The average Bonchev–Trinajstić information content (AvgIpc) is 2.39. The molecule has 0 aliphatic carbocycles. The second kappa shape index (κ2) is 8.55. The van der Waals surface area contributed by atoms with Gasteiger partial charge in [-0.3, -0.25) is 0 Å². The number of aliphatic hydroxyl groups excluding tert-OH is 1. The molecule has 0 heterocycles. The van der Waals surface area contributed by atoms with E-state index in [0.717, 1.165) is 11.1 Å². The van der Waals surface area contributed by atoms with Gasteiger partial charge in [-0.05, 0) is 30.7 Å². The molecule has 0 amide bonds. The summed E-state index contributed by atoms with van der Waals surface area (Å²) >= 11 is 0. The minimum absolute atomic E-state index is 0.0190. The molecule has 0 aliphatic rings. The van der Waals surface area contributed by atoms with Crippen LogP contribution in [-0.2, 0) is 4.74 Å². The smallest absolute Gasteiger partial charge is 0.411 e. The Hall–Kier alpha value is -1.71. The summed E-state index contributed by atoms with van der Waals surface area (Å²) in [5.74, 6) is 6.28. The second-order valence-electron chi connectivity index (χ2n) is 4.27. The van der Waals surface area contributed by atoms with E-state index in [-0.39, 0.29) is 19.8 Å². The van der Waals surface area contributed by atoms with Crippen LogP contribution in [0.3, 0.4) is 0 Å². The van der Waals surface area contributed by atoms with Gasteiger partial charge in [0.1, 0.15) is 19.0 Å². The van der Waals surface area contributed by atoms with Crippen molar-refractivity contribution in [1.29, 1.82) is 0 Å². The van der Waals surface area contributed by atoms with E-state index >= 15 is 0 Å². The van der Waals surface area contributed by atoms with Gasteiger partial charge < -0.3 is 14.6 Å². The van der Waals surface area contributed by atoms with Gasteiger partial charge in [0, 0.05) is 12.0 Å². The minimum atomic E-state index is -4.31. The van der Waals surface area contributed by atoms with Crippen LogP contribution < -0.4 is 4.74 Å². The summed E-state index contributed by atoms with van der Waals surface area (Å²) in [5, 5.41) is 8.63. The number of alkyl halides is 3. The summed E-state index contributed by atoms with van der Waals surface area (Å²) in [6.45, 7) is 0.492. The van der Waals surface area contributed by atoms with Crippen molar-refractivity contribution in [2.45, 2.75) is 19.5 Å². The first-order valence-electron chi connectivity index (χ1n) is 6.40.